The first-order valence-corrected chi connectivity index (χ1v) is 4.58. The Morgan fingerprint density at radius 1 is 0.619 bits per heavy atom. The van der Waals surface area contributed by atoms with E-state index >= 15 is 0 Å². The second-order valence-electron chi connectivity index (χ2n) is 3.16. The fourth-order valence-corrected chi connectivity index (χ4v) is 1.06. The number of rotatable bonds is 3. The quantitative estimate of drug-likeness (QED) is 0.779. The Hall–Kier alpha value is -2.01. The third kappa shape index (κ3) is 6.31. The van der Waals surface area contributed by atoms with Gasteiger partial charge in [-0.3, -0.25) is 0 Å². The third-order valence-electron chi connectivity index (χ3n) is 1.55. The van der Waals surface area contributed by atoms with Crippen molar-refractivity contribution in [1.29, 1.82) is 0 Å². The van der Waals surface area contributed by atoms with Gasteiger partial charge in [-0.05, 0) is 18.2 Å². The van der Waals surface area contributed by atoms with Gasteiger partial charge in [0.2, 0.25) is 5.75 Å². The first-order valence-electron chi connectivity index (χ1n) is 4.58. The van der Waals surface area contributed by atoms with Gasteiger partial charge in [0.15, 0.2) is 11.5 Å². The lowest BCUT2D eigenvalue weighted by molar-refractivity contribution is -0.293. The highest BCUT2D eigenvalue weighted by Crippen LogP contribution is 2.43. The molecule has 0 aliphatic heterocycles. The van der Waals surface area contributed by atoms with Gasteiger partial charge in [-0.15, -0.1) is 39.5 Å². The van der Waals surface area contributed by atoms with Gasteiger partial charge in [0.05, 0.1) is 0 Å². The van der Waals surface area contributed by atoms with Crippen molar-refractivity contribution in [3.63, 3.8) is 0 Å². The van der Waals surface area contributed by atoms with Crippen molar-refractivity contribution in [1.82, 2.24) is 0 Å². The lowest BCUT2D eigenvalue weighted by Gasteiger charge is -2.18. The summed E-state index contributed by atoms with van der Waals surface area (Å²) in [4.78, 5) is 0. The summed E-state index contributed by atoms with van der Waals surface area (Å²) in [7, 11) is 0. The second-order valence-corrected chi connectivity index (χ2v) is 3.16. The molecule has 1 aromatic carbocycles. The van der Waals surface area contributed by atoms with Crippen molar-refractivity contribution in [3.05, 3.63) is 18.2 Å². The van der Waals surface area contributed by atoms with Crippen LogP contribution in [0.25, 0.3) is 0 Å². The molecule has 0 saturated heterocycles. The van der Waals surface area contributed by atoms with Crippen LogP contribution in [0.1, 0.15) is 0 Å². The van der Waals surface area contributed by atoms with Gasteiger partial charge in [-0.1, -0.05) is 0 Å². The van der Waals surface area contributed by atoms with E-state index < -0.39 is 36.3 Å². The Balaban J connectivity index is 3.27. The van der Waals surface area contributed by atoms with Gasteiger partial charge in [0.25, 0.3) is 0 Å². The van der Waals surface area contributed by atoms with Gasteiger partial charge in [-0.25, -0.2) is 0 Å². The van der Waals surface area contributed by atoms with Crippen molar-refractivity contribution < 1.29 is 53.7 Å². The predicted octanol–water partition coefficient (Wildman–Crippen LogP) is 4.18. The van der Waals surface area contributed by atoms with E-state index in [0.717, 1.165) is 0 Å². The van der Waals surface area contributed by atoms with Crippen LogP contribution < -0.4 is 14.2 Å². The summed E-state index contributed by atoms with van der Waals surface area (Å²) in [6.07, 6.45) is -16.5. The minimum Gasteiger partial charge on any atom is -0.402 e. The van der Waals surface area contributed by atoms with Crippen LogP contribution in [0.4, 0.5) is 39.5 Å². The molecule has 1 radical (unpaired) electrons. The smallest absolute Gasteiger partial charge is 0.402 e. The molecule has 0 unspecified atom stereocenters. The maximum Gasteiger partial charge on any atom is 0.573 e. The predicted molar refractivity (Wildman–Crippen MR) is 45.3 cm³/mol. The minimum atomic E-state index is -5.57. The van der Waals surface area contributed by atoms with Gasteiger partial charge >= 0.3 is 19.1 Å². The molecule has 0 atom stereocenters. The van der Waals surface area contributed by atoms with Crippen molar-refractivity contribution in [2.45, 2.75) is 19.1 Å². The zero-order valence-corrected chi connectivity index (χ0v) is 9.28. The molecule has 0 aliphatic carbocycles. The molecule has 0 aliphatic rings. The average molecular weight is 329 g/mol. The van der Waals surface area contributed by atoms with E-state index in [1.807, 2.05) is 0 Å². The largest absolute Gasteiger partial charge is 0.573 e. The highest BCUT2D eigenvalue weighted by Gasteiger charge is 2.40. The highest BCUT2D eigenvalue weighted by molar-refractivity contribution is 5.51. The number of halogens is 9. The minimum absolute atomic E-state index is 0.206. The molecule has 0 fully saturated rings. The van der Waals surface area contributed by atoms with Gasteiger partial charge in [0.1, 0.15) is 0 Å². The van der Waals surface area contributed by atoms with Crippen molar-refractivity contribution in [2.75, 3.05) is 0 Å². The Morgan fingerprint density at radius 2 is 0.952 bits per heavy atom. The number of hydrogen-bond acceptors (Lipinski definition) is 3. The van der Waals surface area contributed by atoms with Crippen LogP contribution in [0.2, 0.25) is 0 Å². The fraction of sp³-hybridized carbons (Fsp3) is 0.333. The molecule has 119 valence electrons. The normalized spacial score (nSPS) is 13.0. The van der Waals surface area contributed by atoms with E-state index in [4.69, 9.17) is 0 Å². The van der Waals surface area contributed by atoms with Crippen molar-refractivity contribution in [3.8, 4) is 17.2 Å². The van der Waals surface area contributed by atoms with E-state index in [1.165, 1.54) is 0 Å². The monoisotopic (exact) mass is 329 g/mol. The van der Waals surface area contributed by atoms with E-state index in [0.29, 0.717) is 0 Å². The SMILES string of the molecule is FC(F)(F)Oc1c[c]cc(OC(F)(F)F)c1OC(F)(F)F. The summed E-state index contributed by atoms with van der Waals surface area (Å²) in [5.41, 5.74) is 0. The Kier molecular flexibility index (Phi) is 4.39. The van der Waals surface area contributed by atoms with E-state index in [2.05, 4.69) is 14.2 Å². The summed E-state index contributed by atoms with van der Waals surface area (Å²) in [6, 6.07) is 2.12. The Morgan fingerprint density at radius 3 is 1.24 bits per heavy atom. The molecule has 0 heterocycles. The lowest BCUT2D eigenvalue weighted by atomic mass is 10.3. The van der Waals surface area contributed by atoms with Crippen LogP contribution >= 0.6 is 0 Å². The van der Waals surface area contributed by atoms with Crippen LogP contribution in [0.3, 0.4) is 0 Å². The molecule has 0 aromatic heterocycles. The molecular weight excluding hydrogens is 327 g/mol. The highest BCUT2D eigenvalue weighted by atomic mass is 19.4. The van der Waals surface area contributed by atoms with Crippen LogP contribution in [-0.4, -0.2) is 19.1 Å². The standard InChI is InChI=1S/C9H2F9O3/c10-7(11,12)19-4-2-1-3-5(20-8(13,14)15)6(4)21-9(16,17)18/h2-3H. The van der Waals surface area contributed by atoms with Crippen LogP contribution in [-0.2, 0) is 0 Å². The molecular formula is C9H2F9O3. The number of ether oxygens (including phenoxy) is 3. The zero-order chi connectivity index (χ0) is 16.5. The maximum absolute atomic E-state index is 12.1. The zero-order valence-electron chi connectivity index (χ0n) is 9.28. The summed E-state index contributed by atoms with van der Waals surface area (Å²) in [6.45, 7) is 0. The molecule has 0 bridgehead atoms. The summed E-state index contributed by atoms with van der Waals surface area (Å²) in [5.74, 6) is -5.32. The van der Waals surface area contributed by atoms with E-state index in [-0.39, 0.29) is 12.1 Å². The first-order chi connectivity index (χ1) is 9.27. The van der Waals surface area contributed by atoms with Crippen LogP contribution in [0.5, 0.6) is 17.2 Å². The van der Waals surface area contributed by atoms with E-state index in [9.17, 15) is 39.5 Å². The first kappa shape index (κ1) is 17.0. The second kappa shape index (κ2) is 5.41. The van der Waals surface area contributed by atoms with Crippen molar-refractivity contribution in [2.24, 2.45) is 0 Å². The fourth-order valence-electron chi connectivity index (χ4n) is 1.06. The lowest BCUT2D eigenvalue weighted by Crippen LogP contribution is -2.23. The Bertz CT molecular complexity index is 454. The molecule has 0 spiro atoms. The molecule has 12 heteroatoms. The maximum atomic E-state index is 12.1. The topological polar surface area (TPSA) is 27.7 Å². The molecule has 3 nitrogen and oxygen atoms in total. The third-order valence-corrected chi connectivity index (χ3v) is 1.55. The summed E-state index contributed by atoms with van der Waals surface area (Å²) in [5, 5.41) is 0. The number of hydrogen-bond donors (Lipinski definition) is 0. The summed E-state index contributed by atoms with van der Waals surface area (Å²) < 4.78 is 117. The molecule has 0 saturated carbocycles. The number of alkyl halides is 9. The van der Waals surface area contributed by atoms with Gasteiger partial charge in [0, 0.05) is 0 Å². The molecule has 21 heavy (non-hydrogen) atoms. The molecule has 0 N–H and O–H groups in total. The van der Waals surface area contributed by atoms with E-state index in [1.54, 1.807) is 6.07 Å². The number of benzene rings is 1. The van der Waals surface area contributed by atoms with Gasteiger partial charge < -0.3 is 14.2 Å². The summed E-state index contributed by atoms with van der Waals surface area (Å²) >= 11 is 0. The molecule has 0 amide bonds. The average Bonchev–Trinajstić information content (AvgIpc) is 2.16. The van der Waals surface area contributed by atoms with Gasteiger partial charge in [-0.2, -0.15) is 0 Å². The van der Waals surface area contributed by atoms with Crippen LogP contribution in [0, 0.1) is 6.07 Å². The van der Waals surface area contributed by atoms with Crippen LogP contribution in [0.15, 0.2) is 12.1 Å². The Labute approximate surface area is 109 Å². The molecule has 1 rings (SSSR count). The van der Waals surface area contributed by atoms with Crippen molar-refractivity contribution >= 4 is 0 Å². The molecule has 1 aromatic rings.